The van der Waals surface area contributed by atoms with Crippen LogP contribution in [0.5, 0.6) is 5.88 Å². The van der Waals surface area contributed by atoms with Crippen molar-refractivity contribution < 1.29 is 23.9 Å². The standard InChI is InChI=1S/C12H13NO2.C11H16.C10H18N2O2.C10H15NO/c1-8(2)7-13-11(14)9-5-3-4-6-10(9)12(13)15;1-9(2)7-11-6-4-5-10(3)8-11;1-7(2)6-12-8(13)10(3,4)11(5)9(12)14;1-8(2)7-9-5-4-6-10(11-9)12-3/h3-6,8H,7H2,1-2H3;4-6,9H,3,7-8H2,1-2H3;7H,6H2,1-5H3;4-6,8H,7H2,1-3H3. The maximum atomic E-state index is 11.8. The van der Waals surface area contributed by atoms with Crippen LogP contribution in [0.3, 0.4) is 0 Å². The monoisotopic (exact) mass is 714 g/mol. The lowest BCUT2D eigenvalue weighted by Crippen LogP contribution is -2.41. The molecule has 1 aromatic carbocycles. The number of likely N-dealkylation sites (N-methyl/N-ethyl adjacent to an activating group) is 1. The van der Waals surface area contributed by atoms with Gasteiger partial charge in [0.1, 0.15) is 5.54 Å². The molecule has 1 aliphatic carbocycles. The summed E-state index contributed by atoms with van der Waals surface area (Å²) >= 11 is 0. The van der Waals surface area contributed by atoms with Gasteiger partial charge in [-0.15, -0.1) is 0 Å². The Hall–Kier alpha value is -4.53. The summed E-state index contributed by atoms with van der Waals surface area (Å²) < 4.78 is 5.03. The normalized spacial score (nSPS) is 16.1. The van der Waals surface area contributed by atoms with Crippen molar-refractivity contribution in [3.8, 4) is 5.88 Å². The third-order valence-electron chi connectivity index (χ3n) is 8.49. The number of benzene rings is 1. The molecule has 0 unspecified atom stereocenters. The minimum absolute atomic E-state index is 0.0984. The van der Waals surface area contributed by atoms with Crippen molar-refractivity contribution in [2.24, 2.45) is 23.7 Å². The first-order valence-electron chi connectivity index (χ1n) is 18.4. The van der Waals surface area contributed by atoms with Crippen molar-refractivity contribution in [2.45, 2.75) is 94.0 Å². The molecule has 5 rings (SSSR count). The summed E-state index contributed by atoms with van der Waals surface area (Å²) in [7, 11) is 3.31. The summed E-state index contributed by atoms with van der Waals surface area (Å²) in [5, 5.41) is 0. The molecule has 1 saturated heterocycles. The number of carbonyl (C=O) groups excluding carboxylic acids is 4. The van der Waals surface area contributed by atoms with Gasteiger partial charge in [0.15, 0.2) is 0 Å². The summed E-state index contributed by atoms with van der Waals surface area (Å²) in [6, 6.07) is 12.7. The van der Waals surface area contributed by atoms with Crippen molar-refractivity contribution in [1.82, 2.24) is 19.7 Å². The Morgan fingerprint density at radius 1 is 0.769 bits per heavy atom. The predicted molar refractivity (Wildman–Crippen MR) is 210 cm³/mol. The molecule has 0 atom stereocenters. The fourth-order valence-electron chi connectivity index (χ4n) is 5.77. The molecule has 0 radical (unpaired) electrons. The van der Waals surface area contributed by atoms with Gasteiger partial charge in [-0.25, -0.2) is 9.78 Å². The van der Waals surface area contributed by atoms with Crippen LogP contribution in [-0.2, 0) is 11.2 Å². The molecule has 0 spiro atoms. The van der Waals surface area contributed by atoms with Crippen LogP contribution in [0.25, 0.3) is 0 Å². The van der Waals surface area contributed by atoms with Crippen molar-refractivity contribution in [1.29, 1.82) is 0 Å². The van der Waals surface area contributed by atoms with Crippen molar-refractivity contribution >= 4 is 23.8 Å². The number of allylic oxidation sites excluding steroid dienone is 5. The maximum Gasteiger partial charge on any atom is 0.327 e. The summed E-state index contributed by atoms with van der Waals surface area (Å²) in [5.74, 6) is 2.29. The average Bonchev–Trinajstić information content (AvgIpc) is 3.38. The van der Waals surface area contributed by atoms with E-state index >= 15 is 0 Å². The number of fused-ring (bicyclic) bond motifs is 1. The molecular weight excluding hydrogens is 652 g/mol. The number of pyridine rings is 1. The molecule has 2 aliphatic heterocycles. The lowest BCUT2D eigenvalue weighted by atomic mass is 9.94. The SMILES string of the molecule is C=C1C=CC=C(CC(C)C)C1.CC(C)CN1C(=O)N(C)C(C)(C)C1=O.CC(C)CN1C(=O)c2ccccc2C1=O.COc1cccc(CC(C)C)n1. The van der Waals surface area contributed by atoms with Crippen LogP contribution >= 0.6 is 0 Å². The average molecular weight is 715 g/mol. The van der Waals surface area contributed by atoms with Crippen LogP contribution < -0.4 is 4.74 Å². The number of hydrogen-bond donors (Lipinski definition) is 0. The topological polar surface area (TPSA) is 100 Å². The Kier molecular flexibility index (Phi) is 16.7. The third-order valence-corrected chi connectivity index (χ3v) is 8.49. The van der Waals surface area contributed by atoms with Gasteiger partial charge in [-0.1, -0.05) is 110 Å². The lowest BCUT2D eigenvalue weighted by molar-refractivity contribution is -0.131. The second-order valence-corrected chi connectivity index (χ2v) is 15.8. The molecule has 1 aromatic heterocycles. The summed E-state index contributed by atoms with van der Waals surface area (Å²) in [6.45, 7) is 25.3. The number of methoxy groups -OCH3 is 1. The number of hydrogen-bond acceptors (Lipinski definition) is 6. The molecule has 0 saturated carbocycles. The van der Waals surface area contributed by atoms with E-state index in [1.165, 1.54) is 32.3 Å². The molecular formula is C43H62N4O5. The summed E-state index contributed by atoms with van der Waals surface area (Å²) in [6.07, 6.45) is 9.71. The fraction of sp³-hybridized carbons (Fsp3) is 0.512. The smallest absolute Gasteiger partial charge is 0.327 e. The minimum Gasteiger partial charge on any atom is -0.481 e. The van der Waals surface area contributed by atoms with Crippen molar-refractivity contribution in [3.05, 3.63) is 95.2 Å². The Morgan fingerprint density at radius 3 is 1.75 bits per heavy atom. The zero-order valence-electron chi connectivity index (χ0n) is 33.7. The van der Waals surface area contributed by atoms with Crippen molar-refractivity contribution in [2.75, 3.05) is 27.2 Å². The largest absolute Gasteiger partial charge is 0.481 e. The van der Waals surface area contributed by atoms with Gasteiger partial charge in [0.05, 0.1) is 18.2 Å². The highest BCUT2D eigenvalue weighted by atomic mass is 16.5. The number of carbonyl (C=O) groups is 4. The highest BCUT2D eigenvalue weighted by Gasteiger charge is 2.49. The summed E-state index contributed by atoms with van der Waals surface area (Å²) in [4.78, 5) is 55.7. The molecule has 52 heavy (non-hydrogen) atoms. The van der Waals surface area contributed by atoms with E-state index in [2.05, 4.69) is 57.5 Å². The molecule has 0 bridgehead atoms. The number of amides is 5. The second-order valence-electron chi connectivity index (χ2n) is 15.8. The number of nitrogens with zero attached hydrogens (tertiary/aromatic N) is 4. The molecule has 2 aromatic rings. The van der Waals surface area contributed by atoms with Crippen LogP contribution in [0.4, 0.5) is 4.79 Å². The Labute approximate surface area is 312 Å². The molecule has 284 valence electrons. The quantitative estimate of drug-likeness (QED) is 0.190. The Bertz CT molecular complexity index is 1580. The van der Waals surface area contributed by atoms with Crippen LogP contribution in [0.15, 0.2) is 78.4 Å². The zero-order valence-corrected chi connectivity index (χ0v) is 33.7. The molecule has 9 heteroatoms. The van der Waals surface area contributed by atoms with E-state index in [1.807, 2.05) is 45.9 Å². The Balaban J connectivity index is 0.000000242. The fourth-order valence-corrected chi connectivity index (χ4v) is 5.77. The van der Waals surface area contributed by atoms with E-state index in [1.54, 1.807) is 52.3 Å². The van der Waals surface area contributed by atoms with Crippen LogP contribution in [0.1, 0.15) is 108 Å². The van der Waals surface area contributed by atoms with E-state index in [4.69, 9.17) is 4.74 Å². The van der Waals surface area contributed by atoms with Gasteiger partial charge in [-0.05, 0) is 75.0 Å². The van der Waals surface area contributed by atoms with Gasteiger partial charge in [-0.2, -0.15) is 0 Å². The molecule has 9 nitrogen and oxygen atoms in total. The molecule has 3 aliphatic rings. The lowest BCUT2D eigenvalue weighted by Gasteiger charge is -2.22. The predicted octanol–water partition coefficient (Wildman–Crippen LogP) is 9.02. The van der Waals surface area contributed by atoms with Crippen molar-refractivity contribution in [3.63, 3.8) is 0 Å². The second kappa shape index (κ2) is 19.9. The number of urea groups is 1. The van der Waals surface area contributed by atoms with E-state index in [9.17, 15) is 19.2 Å². The number of imide groups is 2. The van der Waals surface area contributed by atoms with Gasteiger partial charge in [-0.3, -0.25) is 24.2 Å². The van der Waals surface area contributed by atoms with E-state index in [-0.39, 0.29) is 23.8 Å². The van der Waals surface area contributed by atoms with Crippen LogP contribution in [0.2, 0.25) is 0 Å². The number of ether oxygens (including phenoxy) is 1. The van der Waals surface area contributed by atoms with Gasteiger partial charge >= 0.3 is 6.03 Å². The van der Waals surface area contributed by atoms with E-state index < -0.39 is 5.54 Å². The minimum atomic E-state index is -0.689. The molecule has 5 amide bonds. The van der Waals surface area contributed by atoms with Gasteiger partial charge in [0.25, 0.3) is 17.7 Å². The highest BCUT2D eigenvalue weighted by Crippen LogP contribution is 2.26. The van der Waals surface area contributed by atoms with E-state index in [0.29, 0.717) is 47.9 Å². The van der Waals surface area contributed by atoms with Gasteiger partial charge in [0, 0.05) is 31.9 Å². The molecule has 0 N–H and O–H groups in total. The van der Waals surface area contributed by atoms with Crippen LogP contribution in [-0.4, -0.2) is 76.2 Å². The number of aromatic nitrogens is 1. The number of rotatable bonds is 9. The Morgan fingerprint density at radius 2 is 1.31 bits per heavy atom. The molecule has 3 heterocycles. The summed E-state index contributed by atoms with van der Waals surface area (Å²) in [5.41, 5.74) is 4.23. The first-order valence-corrected chi connectivity index (χ1v) is 18.4. The third kappa shape index (κ3) is 12.6. The first kappa shape index (κ1) is 43.6. The molecule has 1 fully saturated rings. The maximum absolute atomic E-state index is 11.8. The van der Waals surface area contributed by atoms with Gasteiger partial charge in [0.2, 0.25) is 5.88 Å². The zero-order chi connectivity index (χ0) is 39.3. The first-order chi connectivity index (χ1) is 24.3. The highest BCUT2D eigenvalue weighted by molar-refractivity contribution is 6.21. The van der Waals surface area contributed by atoms with E-state index in [0.717, 1.165) is 24.5 Å². The van der Waals surface area contributed by atoms with Crippen LogP contribution in [0, 0.1) is 23.7 Å². The van der Waals surface area contributed by atoms with Gasteiger partial charge < -0.3 is 9.64 Å².